The highest BCUT2D eigenvalue weighted by Crippen LogP contribution is 2.31. The van der Waals surface area contributed by atoms with E-state index >= 15 is 0 Å². The lowest BCUT2D eigenvalue weighted by atomic mass is 10.2. The number of benzene rings is 1. The number of hydrogen-bond acceptors (Lipinski definition) is 7. The number of rotatable bonds is 4. The van der Waals surface area contributed by atoms with E-state index in [1.54, 1.807) is 24.5 Å². The summed E-state index contributed by atoms with van der Waals surface area (Å²) in [6.45, 7) is 0. The summed E-state index contributed by atoms with van der Waals surface area (Å²) in [6.07, 6.45) is 3.11. The van der Waals surface area contributed by atoms with Crippen LogP contribution in [0.25, 0.3) is 11.0 Å². The number of fused-ring (bicyclic) bond motifs is 1. The molecule has 4 N–H and O–H groups in total. The van der Waals surface area contributed by atoms with Gasteiger partial charge in [0.1, 0.15) is 16.7 Å². The Bertz CT molecular complexity index is 1080. The molecule has 130 valence electrons. The Balaban J connectivity index is 1.59. The standard InChI is InChI=1S/C16H11ClFN7O/c17-13-6-14(24-16(19)23-13)22-8-1-2-12(10(18)5-8)26-11-3-4-20-15-9(11)7-21-25-15/h1-7H,(H,20,21,25)(H3,19,22,23,24). The van der Waals surface area contributed by atoms with E-state index in [1.807, 2.05) is 0 Å². The second-order valence-corrected chi connectivity index (χ2v) is 5.63. The van der Waals surface area contributed by atoms with Gasteiger partial charge in [0.25, 0.3) is 0 Å². The van der Waals surface area contributed by atoms with Gasteiger partial charge in [0.05, 0.1) is 11.6 Å². The summed E-state index contributed by atoms with van der Waals surface area (Å²) in [5.74, 6) is 0.312. The molecule has 1 aromatic carbocycles. The van der Waals surface area contributed by atoms with E-state index in [1.165, 1.54) is 18.2 Å². The summed E-state index contributed by atoms with van der Waals surface area (Å²) < 4.78 is 20.1. The summed E-state index contributed by atoms with van der Waals surface area (Å²) in [5, 5.41) is 10.4. The molecule has 0 saturated heterocycles. The van der Waals surface area contributed by atoms with Crippen LogP contribution in [0.5, 0.6) is 11.5 Å². The molecule has 0 atom stereocenters. The third-order valence-corrected chi connectivity index (χ3v) is 3.64. The minimum atomic E-state index is -0.559. The van der Waals surface area contributed by atoms with E-state index < -0.39 is 5.82 Å². The van der Waals surface area contributed by atoms with Crippen LogP contribution in [-0.2, 0) is 0 Å². The van der Waals surface area contributed by atoms with Crippen molar-refractivity contribution in [3.05, 3.63) is 53.7 Å². The number of halogens is 2. The Labute approximate surface area is 151 Å². The highest BCUT2D eigenvalue weighted by Gasteiger charge is 2.11. The van der Waals surface area contributed by atoms with E-state index in [2.05, 4.69) is 30.5 Å². The van der Waals surface area contributed by atoms with E-state index in [0.717, 1.165) is 0 Å². The molecule has 3 aromatic heterocycles. The Morgan fingerprint density at radius 2 is 2.04 bits per heavy atom. The van der Waals surface area contributed by atoms with Crippen molar-refractivity contribution in [2.24, 2.45) is 0 Å². The third kappa shape index (κ3) is 3.20. The fourth-order valence-electron chi connectivity index (χ4n) is 2.34. The molecule has 0 amide bonds. The largest absolute Gasteiger partial charge is 0.453 e. The van der Waals surface area contributed by atoms with Crippen molar-refractivity contribution >= 4 is 40.1 Å². The number of nitrogens with two attached hydrogens (primary N) is 1. The number of aromatic amines is 1. The van der Waals surface area contributed by atoms with Gasteiger partial charge in [-0.05, 0) is 18.2 Å². The van der Waals surface area contributed by atoms with Crippen LogP contribution in [0.15, 0.2) is 42.7 Å². The van der Waals surface area contributed by atoms with Crippen LogP contribution in [0, 0.1) is 5.82 Å². The molecule has 0 spiro atoms. The van der Waals surface area contributed by atoms with Gasteiger partial charge in [-0.25, -0.2) is 14.4 Å². The number of pyridine rings is 1. The lowest BCUT2D eigenvalue weighted by Gasteiger charge is -2.10. The zero-order valence-electron chi connectivity index (χ0n) is 13.1. The van der Waals surface area contributed by atoms with Crippen molar-refractivity contribution in [2.75, 3.05) is 11.1 Å². The first kappa shape index (κ1) is 16.0. The number of anilines is 3. The normalized spacial score (nSPS) is 10.8. The first-order chi connectivity index (χ1) is 12.6. The molecule has 3 heterocycles. The van der Waals surface area contributed by atoms with Crippen LogP contribution >= 0.6 is 11.6 Å². The molecule has 10 heteroatoms. The van der Waals surface area contributed by atoms with Gasteiger partial charge in [-0.1, -0.05) is 11.6 Å². The maximum Gasteiger partial charge on any atom is 0.223 e. The second kappa shape index (κ2) is 6.45. The number of H-pyrrole nitrogens is 1. The number of ether oxygens (including phenoxy) is 1. The number of nitrogens with one attached hydrogen (secondary N) is 2. The van der Waals surface area contributed by atoms with Gasteiger partial charge in [0.2, 0.25) is 5.95 Å². The summed E-state index contributed by atoms with van der Waals surface area (Å²) in [4.78, 5) is 11.8. The molecule has 0 radical (unpaired) electrons. The molecular weight excluding hydrogens is 361 g/mol. The third-order valence-electron chi connectivity index (χ3n) is 3.45. The van der Waals surface area contributed by atoms with Gasteiger partial charge in [-0.2, -0.15) is 10.1 Å². The monoisotopic (exact) mass is 371 g/mol. The van der Waals surface area contributed by atoms with Crippen LogP contribution in [0.4, 0.5) is 21.8 Å². The number of hydrogen-bond donors (Lipinski definition) is 3. The highest BCUT2D eigenvalue weighted by atomic mass is 35.5. The lowest BCUT2D eigenvalue weighted by molar-refractivity contribution is 0.446. The van der Waals surface area contributed by atoms with Crippen molar-refractivity contribution in [1.29, 1.82) is 0 Å². The minimum absolute atomic E-state index is 0.0160. The Kier molecular flexibility index (Phi) is 3.98. The molecular formula is C16H11ClFN7O. The molecule has 0 fully saturated rings. The molecule has 0 saturated carbocycles. The average Bonchev–Trinajstić information content (AvgIpc) is 3.06. The highest BCUT2D eigenvalue weighted by molar-refractivity contribution is 6.29. The zero-order valence-corrected chi connectivity index (χ0v) is 13.8. The molecule has 4 rings (SSSR count). The number of aromatic nitrogens is 5. The van der Waals surface area contributed by atoms with Crippen molar-refractivity contribution in [3.63, 3.8) is 0 Å². The van der Waals surface area contributed by atoms with Crippen LogP contribution in [0.1, 0.15) is 0 Å². The first-order valence-electron chi connectivity index (χ1n) is 7.41. The van der Waals surface area contributed by atoms with Crippen molar-refractivity contribution in [3.8, 4) is 11.5 Å². The number of nitrogens with zero attached hydrogens (tertiary/aromatic N) is 4. The maximum atomic E-state index is 14.4. The molecule has 4 aromatic rings. The predicted octanol–water partition coefficient (Wildman–Crippen LogP) is 3.66. The molecule has 0 aliphatic carbocycles. The van der Waals surface area contributed by atoms with Gasteiger partial charge in [-0.15, -0.1) is 0 Å². The Hall–Kier alpha value is -3.46. The Morgan fingerprint density at radius 3 is 2.85 bits per heavy atom. The molecule has 0 unspecified atom stereocenters. The van der Waals surface area contributed by atoms with Crippen LogP contribution in [0.3, 0.4) is 0 Å². The van der Waals surface area contributed by atoms with E-state index in [0.29, 0.717) is 28.3 Å². The zero-order chi connectivity index (χ0) is 18.1. The van der Waals surface area contributed by atoms with Gasteiger partial charge in [0, 0.05) is 24.0 Å². The van der Waals surface area contributed by atoms with E-state index in [-0.39, 0.29) is 16.9 Å². The van der Waals surface area contributed by atoms with Crippen LogP contribution in [-0.4, -0.2) is 25.1 Å². The summed E-state index contributed by atoms with van der Waals surface area (Å²) in [7, 11) is 0. The molecule has 0 aliphatic rings. The average molecular weight is 372 g/mol. The van der Waals surface area contributed by atoms with Gasteiger partial charge in [0.15, 0.2) is 17.2 Å². The van der Waals surface area contributed by atoms with Crippen LogP contribution < -0.4 is 15.8 Å². The quantitative estimate of drug-likeness (QED) is 0.469. The molecule has 0 bridgehead atoms. The predicted molar refractivity (Wildman–Crippen MR) is 95.1 cm³/mol. The maximum absolute atomic E-state index is 14.4. The summed E-state index contributed by atoms with van der Waals surface area (Å²) >= 11 is 5.82. The molecule has 0 aliphatic heterocycles. The topological polar surface area (TPSA) is 115 Å². The fraction of sp³-hybridized carbons (Fsp3) is 0. The summed E-state index contributed by atoms with van der Waals surface area (Å²) in [6, 6.07) is 7.52. The van der Waals surface area contributed by atoms with E-state index in [9.17, 15) is 4.39 Å². The molecule has 8 nitrogen and oxygen atoms in total. The van der Waals surface area contributed by atoms with Crippen molar-refractivity contribution in [1.82, 2.24) is 25.1 Å². The lowest BCUT2D eigenvalue weighted by Crippen LogP contribution is -2.00. The first-order valence-corrected chi connectivity index (χ1v) is 7.79. The van der Waals surface area contributed by atoms with Gasteiger partial charge in [-0.3, -0.25) is 5.10 Å². The smallest absolute Gasteiger partial charge is 0.223 e. The van der Waals surface area contributed by atoms with Gasteiger partial charge >= 0.3 is 0 Å². The minimum Gasteiger partial charge on any atom is -0.453 e. The van der Waals surface area contributed by atoms with Crippen molar-refractivity contribution in [2.45, 2.75) is 0 Å². The molecule has 26 heavy (non-hydrogen) atoms. The number of nitrogen functional groups attached to an aromatic ring is 1. The van der Waals surface area contributed by atoms with Crippen LogP contribution in [0.2, 0.25) is 5.15 Å². The SMILES string of the molecule is Nc1nc(Cl)cc(Nc2ccc(Oc3ccnc4[nH]ncc34)c(F)c2)n1. The van der Waals surface area contributed by atoms with E-state index in [4.69, 9.17) is 22.1 Å². The fourth-order valence-corrected chi connectivity index (χ4v) is 2.53. The summed E-state index contributed by atoms with van der Waals surface area (Å²) in [5.41, 5.74) is 6.54. The second-order valence-electron chi connectivity index (χ2n) is 5.25. The van der Waals surface area contributed by atoms with Gasteiger partial charge < -0.3 is 15.8 Å². The van der Waals surface area contributed by atoms with Crippen molar-refractivity contribution < 1.29 is 9.13 Å². The Morgan fingerprint density at radius 1 is 1.15 bits per heavy atom.